The number of carbonyl (C=O) groups excluding carboxylic acids is 1. The molecule has 4 heterocycles. The number of piperidine rings is 1. The normalized spacial score (nSPS) is 16.3. The lowest BCUT2D eigenvalue weighted by Gasteiger charge is -2.31. The zero-order valence-corrected chi connectivity index (χ0v) is 17.5. The molecular weight excluding hydrogens is 411 g/mol. The SMILES string of the molecule is COc1ccc(F)cc1-c1ccc2nc([C@@H]3CCCN(C(=O)c4cnccn4)C3)nn2c1. The van der Waals surface area contributed by atoms with Gasteiger partial charge in [-0.3, -0.25) is 9.78 Å². The van der Waals surface area contributed by atoms with Crippen LogP contribution < -0.4 is 4.74 Å². The van der Waals surface area contributed by atoms with Crippen molar-refractivity contribution in [1.82, 2.24) is 29.5 Å². The summed E-state index contributed by atoms with van der Waals surface area (Å²) in [6.07, 6.45) is 8.11. The molecule has 1 fully saturated rings. The lowest BCUT2D eigenvalue weighted by molar-refractivity contribution is 0.0698. The van der Waals surface area contributed by atoms with E-state index in [9.17, 15) is 9.18 Å². The summed E-state index contributed by atoms with van der Waals surface area (Å²) in [5.41, 5.74) is 2.44. The van der Waals surface area contributed by atoms with E-state index >= 15 is 0 Å². The Labute approximate surface area is 183 Å². The minimum Gasteiger partial charge on any atom is -0.496 e. The van der Waals surface area contributed by atoms with Gasteiger partial charge in [-0.05, 0) is 43.2 Å². The van der Waals surface area contributed by atoms with E-state index in [0.717, 1.165) is 18.4 Å². The number of pyridine rings is 1. The number of benzene rings is 1. The first-order valence-corrected chi connectivity index (χ1v) is 10.4. The number of amides is 1. The molecule has 4 aromatic rings. The van der Waals surface area contributed by atoms with Crippen LogP contribution in [0.25, 0.3) is 16.8 Å². The second-order valence-electron chi connectivity index (χ2n) is 7.72. The van der Waals surface area contributed by atoms with Gasteiger partial charge in [0, 0.05) is 48.7 Å². The molecule has 0 N–H and O–H groups in total. The van der Waals surface area contributed by atoms with Crippen molar-refractivity contribution in [2.75, 3.05) is 20.2 Å². The number of likely N-dealkylation sites (tertiary alicyclic amines) is 1. The zero-order valence-electron chi connectivity index (χ0n) is 17.5. The monoisotopic (exact) mass is 432 g/mol. The quantitative estimate of drug-likeness (QED) is 0.492. The van der Waals surface area contributed by atoms with E-state index in [1.54, 1.807) is 28.8 Å². The zero-order chi connectivity index (χ0) is 22.1. The fourth-order valence-corrected chi connectivity index (χ4v) is 4.08. The van der Waals surface area contributed by atoms with Crippen LogP contribution in [0.3, 0.4) is 0 Å². The first-order valence-electron chi connectivity index (χ1n) is 10.4. The maximum absolute atomic E-state index is 13.8. The van der Waals surface area contributed by atoms with Crippen LogP contribution in [0, 0.1) is 5.82 Å². The van der Waals surface area contributed by atoms with Crippen molar-refractivity contribution in [1.29, 1.82) is 0 Å². The molecule has 5 rings (SSSR count). The Morgan fingerprint density at radius 1 is 1.22 bits per heavy atom. The molecular formula is C23H21FN6O2. The van der Waals surface area contributed by atoms with E-state index in [-0.39, 0.29) is 17.6 Å². The molecule has 1 atom stereocenters. The molecule has 8 nitrogen and oxygen atoms in total. The number of methoxy groups -OCH3 is 1. The number of aromatic nitrogens is 5. The summed E-state index contributed by atoms with van der Waals surface area (Å²) in [5, 5.41) is 4.67. The maximum atomic E-state index is 13.8. The summed E-state index contributed by atoms with van der Waals surface area (Å²) in [4.78, 5) is 27.3. The number of hydrogen-bond donors (Lipinski definition) is 0. The van der Waals surface area contributed by atoms with E-state index < -0.39 is 0 Å². The van der Waals surface area contributed by atoms with E-state index in [1.165, 1.54) is 24.5 Å². The van der Waals surface area contributed by atoms with Crippen LogP contribution >= 0.6 is 0 Å². The first kappa shape index (κ1) is 20.0. The van der Waals surface area contributed by atoms with Crippen molar-refractivity contribution >= 4 is 11.6 Å². The fraction of sp³-hybridized carbons (Fsp3) is 0.261. The Bertz CT molecular complexity index is 1280. The summed E-state index contributed by atoms with van der Waals surface area (Å²) >= 11 is 0. The summed E-state index contributed by atoms with van der Waals surface area (Å²) in [6, 6.07) is 8.13. The maximum Gasteiger partial charge on any atom is 0.274 e. The molecule has 1 aliphatic heterocycles. The minimum absolute atomic E-state index is 0.0245. The lowest BCUT2D eigenvalue weighted by atomic mass is 9.97. The molecule has 1 aliphatic rings. The van der Waals surface area contributed by atoms with Crippen molar-refractivity contribution in [3.05, 3.63) is 72.5 Å². The summed E-state index contributed by atoms with van der Waals surface area (Å²) in [6.45, 7) is 1.19. The smallest absolute Gasteiger partial charge is 0.274 e. The second-order valence-corrected chi connectivity index (χ2v) is 7.72. The molecule has 0 bridgehead atoms. The van der Waals surface area contributed by atoms with Crippen LogP contribution in [0.4, 0.5) is 4.39 Å². The van der Waals surface area contributed by atoms with Gasteiger partial charge in [0.25, 0.3) is 5.91 Å². The molecule has 0 spiro atoms. The molecule has 0 saturated carbocycles. The van der Waals surface area contributed by atoms with Crippen LogP contribution in [0.5, 0.6) is 5.75 Å². The number of halogens is 1. The summed E-state index contributed by atoms with van der Waals surface area (Å²) in [7, 11) is 1.56. The van der Waals surface area contributed by atoms with Gasteiger partial charge in [-0.15, -0.1) is 0 Å². The highest BCUT2D eigenvalue weighted by Gasteiger charge is 2.28. The molecule has 1 saturated heterocycles. The van der Waals surface area contributed by atoms with E-state index in [0.29, 0.717) is 41.6 Å². The van der Waals surface area contributed by atoms with Gasteiger partial charge in [-0.1, -0.05) is 0 Å². The molecule has 162 valence electrons. The van der Waals surface area contributed by atoms with Gasteiger partial charge >= 0.3 is 0 Å². The van der Waals surface area contributed by atoms with Gasteiger partial charge < -0.3 is 9.64 Å². The fourth-order valence-electron chi connectivity index (χ4n) is 4.08. The highest BCUT2D eigenvalue weighted by molar-refractivity contribution is 5.92. The molecule has 0 radical (unpaired) electrons. The van der Waals surface area contributed by atoms with Gasteiger partial charge in [0.05, 0.1) is 13.3 Å². The number of rotatable bonds is 4. The number of fused-ring (bicyclic) bond motifs is 1. The molecule has 32 heavy (non-hydrogen) atoms. The summed E-state index contributed by atoms with van der Waals surface area (Å²) in [5.74, 6) is 0.820. The molecule has 0 unspecified atom stereocenters. The van der Waals surface area contributed by atoms with Gasteiger partial charge in [-0.2, -0.15) is 5.10 Å². The van der Waals surface area contributed by atoms with E-state index in [1.807, 2.05) is 18.3 Å². The Hall–Kier alpha value is -3.88. The van der Waals surface area contributed by atoms with Crippen molar-refractivity contribution in [2.24, 2.45) is 0 Å². The second kappa shape index (κ2) is 8.33. The van der Waals surface area contributed by atoms with Gasteiger partial charge in [0.1, 0.15) is 17.3 Å². The summed E-state index contributed by atoms with van der Waals surface area (Å²) < 4.78 is 20.9. The Morgan fingerprint density at radius 3 is 2.94 bits per heavy atom. The molecule has 9 heteroatoms. The molecule has 1 amide bonds. The minimum atomic E-state index is -0.338. The van der Waals surface area contributed by atoms with Gasteiger partial charge in [0.15, 0.2) is 11.5 Å². The number of nitrogens with zero attached hydrogens (tertiary/aromatic N) is 6. The number of carbonyl (C=O) groups is 1. The topological polar surface area (TPSA) is 85.5 Å². The third kappa shape index (κ3) is 3.77. The van der Waals surface area contributed by atoms with E-state index in [2.05, 4.69) is 20.1 Å². The standard InChI is InChI=1S/C23H21FN6O2/c1-32-20-6-5-17(24)11-18(20)15-4-7-21-27-22(28-30(21)14-15)16-3-2-10-29(13-16)23(31)19-12-25-8-9-26-19/h4-9,11-12,14,16H,2-3,10,13H2,1H3/t16-/m1/s1. The predicted octanol–water partition coefficient (Wildman–Crippen LogP) is 3.35. The van der Waals surface area contributed by atoms with Crippen molar-refractivity contribution in [2.45, 2.75) is 18.8 Å². The largest absolute Gasteiger partial charge is 0.496 e. The Balaban J connectivity index is 1.42. The van der Waals surface area contributed by atoms with Crippen LogP contribution in [-0.4, -0.2) is 55.6 Å². The van der Waals surface area contributed by atoms with Crippen molar-refractivity contribution in [3.63, 3.8) is 0 Å². The van der Waals surface area contributed by atoms with Crippen LogP contribution in [0.1, 0.15) is 35.1 Å². The third-order valence-electron chi connectivity index (χ3n) is 5.68. The highest BCUT2D eigenvalue weighted by atomic mass is 19.1. The molecule has 3 aromatic heterocycles. The van der Waals surface area contributed by atoms with Crippen LogP contribution in [0.15, 0.2) is 55.1 Å². The van der Waals surface area contributed by atoms with Crippen LogP contribution in [0.2, 0.25) is 0 Å². The predicted molar refractivity (Wildman–Crippen MR) is 115 cm³/mol. The number of hydrogen-bond acceptors (Lipinski definition) is 6. The average molecular weight is 432 g/mol. The van der Waals surface area contributed by atoms with Gasteiger partial charge in [-0.25, -0.2) is 18.9 Å². The van der Waals surface area contributed by atoms with Gasteiger partial charge in [0.2, 0.25) is 0 Å². The Morgan fingerprint density at radius 2 is 2.12 bits per heavy atom. The number of ether oxygens (including phenoxy) is 1. The first-order chi connectivity index (χ1) is 15.6. The molecule has 1 aromatic carbocycles. The van der Waals surface area contributed by atoms with Crippen LogP contribution in [-0.2, 0) is 0 Å². The average Bonchev–Trinajstić information content (AvgIpc) is 3.28. The highest BCUT2D eigenvalue weighted by Crippen LogP contribution is 2.31. The third-order valence-corrected chi connectivity index (χ3v) is 5.68. The lowest BCUT2D eigenvalue weighted by Crippen LogP contribution is -2.39. The Kier molecular flexibility index (Phi) is 5.22. The molecule has 0 aliphatic carbocycles. The van der Waals surface area contributed by atoms with Crippen molar-refractivity contribution in [3.8, 4) is 16.9 Å². The van der Waals surface area contributed by atoms with Crippen molar-refractivity contribution < 1.29 is 13.9 Å². The van der Waals surface area contributed by atoms with E-state index in [4.69, 9.17) is 4.74 Å².